The lowest BCUT2D eigenvalue weighted by molar-refractivity contribution is 0.662. The molecule has 21 heavy (non-hydrogen) atoms. The molecule has 1 atom stereocenters. The van der Waals surface area contributed by atoms with E-state index in [1.807, 2.05) is 12.1 Å². The summed E-state index contributed by atoms with van der Waals surface area (Å²) in [4.78, 5) is 0. The number of aryl methyl sites for hydroxylation is 1. The lowest BCUT2D eigenvalue weighted by Gasteiger charge is -2.30. The highest BCUT2D eigenvalue weighted by Gasteiger charge is 2.23. The van der Waals surface area contributed by atoms with E-state index in [9.17, 15) is 0 Å². The highest BCUT2D eigenvalue weighted by atomic mass is 79.9. The van der Waals surface area contributed by atoms with E-state index in [1.165, 1.54) is 26.9 Å². The summed E-state index contributed by atoms with van der Waals surface area (Å²) in [6, 6.07) is 13.0. The summed E-state index contributed by atoms with van der Waals surface area (Å²) in [6.07, 6.45) is 2.19. The molecule has 0 spiro atoms. The minimum atomic E-state index is 0.342. The summed E-state index contributed by atoms with van der Waals surface area (Å²) < 4.78 is 1.17. The first-order valence-electron chi connectivity index (χ1n) is 7.39. The quantitative estimate of drug-likeness (QED) is 0.657. The van der Waals surface area contributed by atoms with Crippen LogP contribution < -0.4 is 5.32 Å². The fourth-order valence-electron chi connectivity index (χ4n) is 3.03. The van der Waals surface area contributed by atoms with E-state index >= 15 is 0 Å². The summed E-state index contributed by atoms with van der Waals surface area (Å²) in [5.74, 6) is 0.502. The SMILES string of the molecule is CC(C)c1cc(Br)cc2c1NC(c1cccc(Cl)c1)CC2. The smallest absolute Gasteiger partial charge is 0.0517 e. The van der Waals surface area contributed by atoms with Crippen LogP contribution >= 0.6 is 27.5 Å². The summed E-state index contributed by atoms with van der Waals surface area (Å²) >= 11 is 9.77. The first kappa shape index (κ1) is 14.9. The third-order valence-electron chi connectivity index (χ3n) is 4.11. The van der Waals surface area contributed by atoms with Gasteiger partial charge in [0.05, 0.1) is 6.04 Å². The van der Waals surface area contributed by atoms with Gasteiger partial charge >= 0.3 is 0 Å². The van der Waals surface area contributed by atoms with Crippen molar-refractivity contribution in [2.75, 3.05) is 5.32 Å². The molecule has 1 N–H and O–H groups in total. The van der Waals surface area contributed by atoms with Gasteiger partial charge in [-0.3, -0.25) is 0 Å². The first-order valence-corrected chi connectivity index (χ1v) is 8.56. The maximum Gasteiger partial charge on any atom is 0.0517 e. The van der Waals surface area contributed by atoms with Gasteiger partial charge in [0.15, 0.2) is 0 Å². The van der Waals surface area contributed by atoms with Crippen LogP contribution in [-0.4, -0.2) is 0 Å². The summed E-state index contributed by atoms with van der Waals surface area (Å²) in [5.41, 5.74) is 5.37. The van der Waals surface area contributed by atoms with Crippen LogP contribution in [0, 0.1) is 0 Å². The minimum absolute atomic E-state index is 0.342. The van der Waals surface area contributed by atoms with Gasteiger partial charge in [-0.2, -0.15) is 0 Å². The molecule has 0 saturated carbocycles. The van der Waals surface area contributed by atoms with Crippen molar-refractivity contribution in [3.05, 3.63) is 62.6 Å². The van der Waals surface area contributed by atoms with Gasteiger partial charge < -0.3 is 5.32 Å². The van der Waals surface area contributed by atoms with Crippen molar-refractivity contribution in [2.45, 2.75) is 38.6 Å². The average molecular weight is 365 g/mol. The molecule has 0 fully saturated rings. The van der Waals surface area contributed by atoms with Gasteiger partial charge in [0, 0.05) is 15.2 Å². The van der Waals surface area contributed by atoms with Crippen LogP contribution in [-0.2, 0) is 6.42 Å². The monoisotopic (exact) mass is 363 g/mol. The molecule has 2 aromatic carbocycles. The molecule has 1 heterocycles. The van der Waals surface area contributed by atoms with Crippen molar-refractivity contribution in [1.29, 1.82) is 0 Å². The summed E-state index contributed by atoms with van der Waals surface area (Å²) in [5, 5.41) is 4.54. The van der Waals surface area contributed by atoms with Gasteiger partial charge in [0.2, 0.25) is 0 Å². The number of hydrogen-bond donors (Lipinski definition) is 1. The fraction of sp³-hybridized carbons (Fsp3) is 0.333. The lowest BCUT2D eigenvalue weighted by atomic mass is 9.89. The standard InChI is InChI=1S/C18H19BrClN/c1-11(2)16-10-14(19)8-13-6-7-17(21-18(13)16)12-4-3-5-15(20)9-12/h3-5,8-11,17,21H,6-7H2,1-2H3. The maximum atomic E-state index is 6.13. The highest BCUT2D eigenvalue weighted by Crippen LogP contribution is 2.39. The molecule has 3 rings (SSSR count). The Morgan fingerprint density at radius 3 is 2.76 bits per heavy atom. The molecule has 0 aromatic heterocycles. The summed E-state index contributed by atoms with van der Waals surface area (Å²) in [7, 11) is 0. The number of hydrogen-bond acceptors (Lipinski definition) is 1. The molecular formula is C18H19BrClN. The average Bonchev–Trinajstić information content (AvgIpc) is 2.45. The number of benzene rings is 2. The number of fused-ring (bicyclic) bond motifs is 1. The largest absolute Gasteiger partial charge is 0.378 e. The van der Waals surface area contributed by atoms with Crippen LogP contribution in [0.25, 0.3) is 0 Å². The van der Waals surface area contributed by atoms with Crippen molar-refractivity contribution < 1.29 is 0 Å². The molecule has 110 valence electrons. The predicted octanol–water partition coefficient (Wildman–Crippen LogP) is 6.33. The lowest BCUT2D eigenvalue weighted by Crippen LogP contribution is -2.19. The maximum absolute atomic E-state index is 6.13. The van der Waals surface area contributed by atoms with Crippen LogP contribution in [0.15, 0.2) is 40.9 Å². The Morgan fingerprint density at radius 1 is 1.24 bits per heavy atom. The molecule has 0 amide bonds. The Hall–Kier alpha value is -0.990. The third-order valence-corrected chi connectivity index (χ3v) is 4.80. The molecule has 1 nitrogen and oxygen atoms in total. The molecule has 0 saturated heterocycles. The van der Waals surface area contributed by atoms with E-state index in [4.69, 9.17) is 11.6 Å². The van der Waals surface area contributed by atoms with Crippen LogP contribution in [0.1, 0.15) is 48.9 Å². The van der Waals surface area contributed by atoms with Crippen molar-refractivity contribution in [2.24, 2.45) is 0 Å². The Kier molecular flexibility index (Phi) is 4.28. The van der Waals surface area contributed by atoms with Crippen molar-refractivity contribution in [3.63, 3.8) is 0 Å². The van der Waals surface area contributed by atoms with E-state index in [0.29, 0.717) is 12.0 Å². The topological polar surface area (TPSA) is 12.0 Å². The second-order valence-corrected chi connectivity index (χ2v) is 7.33. The number of rotatable bonds is 2. The predicted molar refractivity (Wildman–Crippen MR) is 94.4 cm³/mol. The third kappa shape index (κ3) is 3.12. The van der Waals surface area contributed by atoms with E-state index in [0.717, 1.165) is 17.9 Å². The molecule has 0 aliphatic carbocycles. The zero-order chi connectivity index (χ0) is 15.0. The first-order chi connectivity index (χ1) is 10.0. The molecular weight excluding hydrogens is 346 g/mol. The Labute approximate surface area is 139 Å². The minimum Gasteiger partial charge on any atom is -0.378 e. The van der Waals surface area contributed by atoms with E-state index < -0.39 is 0 Å². The van der Waals surface area contributed by atoms with Gasteiger partial charge in [-0.05, 0) is 59.7 Å². The summed E-state index contributed by atoms with van der Waals surface area (Å²) in [6.45, 7) is 4.49. The van der Waals surface area contributed by atoms with Crippen molar-refractivity contribution in [1.82, 2.24) is 0 Å². The van der Waals surface area contributed by atoms with Gasteiger partial charge in [-0.1, -0.05) is 53.5 Å². The van der Waals surface area contributed by atoms with Crippen LogP contribution in [0.2, 0.25) is 5.02 Å². The zero-order valence-electron chi connectivity index (χ0n) is 12.3. The molecule has 3 heteroatoms. The van der Waals surface area contributed by atoms with Crippen molar-refractivity contribution >= 4 is 33.2 Å². The number of nitrogens with one attached hydrogen (secondary N) is 1. The van der Waals surface area contributed by atoms with Crippen LogP contribution in [0.3, 0.4) is 0 Å². The molecule has 1 aliphatic rings. The van der Waals surface area contributed by atoms with Crippen LogP contribution in [0.4, 0.5) is 5.69 Å². The van der Waals surface area contributed by atoms with E-state index in [1.54, 1.807) is 0 Å². The Balaban J connectivity index is 1.98. The van der Waals surface area contributed by atoms with Gasteiger partial charge in [-0.25, -0.2) is 0 Å². The number of anilines is 1. The zero-order valence-corrected chi connectivity index (χ0v) is 14.6. The molecule has 2 aromatic rings. The van der Waals surface area contributed by atoms with E-state index in [2.05, 4.69) is 59.4 Å². The van der Waals surface area contributed by atoms with Gasteiger partial charge in [0.1, 0.15) is 0 Å². The Morgan fingerprint density at radius 2 is 2.05 bits per heavy atom. The highest BCUT2D eigenvalue weighted by molar-refractivity contribution is 9.10. The molecule has 1 aliphatic heterocycles. The Bertz CT molecular complexity index is 666. The number of halogens is 2. The fourth-order valence-corrected chi connectivity index (χ4v) is 3.76. The normalized spacial score (nSPS) is 17.5. The second-order valence-electron chi connectivity index (χ2n) is 5.97. The molecule has 1 unspecified atom stereocenters. The second kappa shape index (κ2) is 6.02. The van der Waals surface area contributed by atoms with Crippen molar-refractivity contribution in [3.8, 4) is 0 Å². The molecule has 0 bridgehead atoms. The van der Waals surface area contributed by atoms with Gasteiger partial charge in [0.25, 0.3) is 0 Å². The molecule has 0 radical (unpaired) electrons. The van der Waals surface area contributed by atoms with E-state index in [-0.39, 0.29) is 0 Å². The van der Waals surface area contributed by atoms with Gasteiger partial charge in [-0.15, -0.1) is 0 Å². The van der Waals surface area contributed by atoms with Crippen LogP contribution in [0.5, 0.6) is 0 Å².